The highest BCUT2D eigenvalue weighted by atomic mass is 16.2. The number of aryl methyl sites for hydroxylation is 2. The zero-order chi connectivity index (χ0) is 19.8. The lowest BCUT2D eigenvalue weighted by atomic mass is 10.0. The molecule has 0 radical (unpaired) electrons. The zero-order valence-electron chi connectivity index (χ0n) is 16.9. The Labute approximate surface area is 166 Å². The third kappa shape index (κ3) is 3.21. The number of hydrogen-bond donors (Lipinski definition) is 1. The number of nitrogens with zero attached hydrogens (tertiary/aromatic N) is 1. The Morgan fingerprint density at radius 3 is 2.36 bits per heavy atom. The number of nitrogens with one attached hydrogen (secondary N) is 1. The van der Waals surface area contributed by atoms with E-state index in [2.05, 4.69) is 44.3 Å². The number of carbonyl (C=O) groups is 2. The summed E-state index contributed by atoms with van der Waals surface area (Å²) in [5, 5.41) is 3.14. The van der Waals surface area contributed by atoms with Crippen molar-refractivity contribution in [1.29, 1.82) is 0 Å². The quantitative estimate of drug-likeness (QED) is 0.843. The Morgan fingerprint density at radius 1 is 1.00 bits per heavy atom. The minimum Gasteiger partial charge on any atom is -0.325 e. The first-order chi connectivity index (χ1) is 13.5. The monoisotopic (exact) mass is 376 g/mol. The average molecular weight is 377 g/mol. The molecule has 1 aliphatic carbocycles. The first-order valence-corrected chi connectivity index (χ1v) is 10.4. The topological polar surface area (TPSA) is 49.4 Å². The van der Waals surface area contributed by atoms with E-state index >= 15 is 0 Å². The van der Waals surface area contributed by atoms with E-state index < -0.39 is 0 Å². The molecule has 4 heteroatoms. The van der Waals surface area contributed by atoms with Crippen LogP contribution in [0.5, 0.6) is 0 Å². The normalized spacial score (nSPS) is 22.7. The molecule has 2 amide bonds. The summed E-state index contributed by atoms with van der Waals surface area (Å²) in [6.07, 6.45) is 3.28. The van der Waals surface area contributed by atoms with Gasteiger partial charge in [0, 0.05) is 17.4 Å². The van der Waals surface area contributed by atoms with Gasteiger partial charge in [-0.25, -0.2) is 0 Å². The smallest absolute Gasteiger partial charge is 0.231 e. The Bertz CT molecular complexity index is 898. The van der Waals surface area contributed by atoms with Gasteiger partial charge in [0.1, 0.15) is 0 Å². The Balaban J connectivity index is 1.48. The molecule has 3 unspecified atom stereocenters. The number of anilines is 2. The summed E-state index contributed by atoms with van der Waals surface area (Å²) in [4.78, 5) is 27.9. The van der Waals surface area contributed by atoms with Crippen molar-refractivity contribution in [3.8, 4) is 0 Å². The van der Waals surface area contributed by atoms with E-state index in [1.165, 1.54) is 5.56 Å². The number of amides is 2. The number of fused-ring (bicyclic) bond motifs is 1. The molecule has 0 spiro atoms. The van der Waals surface area contributed by atoms with Crippen molar-refractivity contribution in [2.75, 3.05) is 10.2 Å². The van der Waals surface area contributed by atoms with Crippen LogP contribution < -0.4 is 10.2 Å². The fourth-order valence-corrected chi connectivity index (χ4v) is 4.46. The van der Waals surface area contributed by atoms with Gasteiger partial charge in [0.2, 0.25) is 11.8 Å². The van der Waals surface area contributed by atoms with Crippen molar-refractivity contribution in [2.24, 2.45) is 11.8 Å². The van der Waals surface area contributed by atoms with Gasteiger partial charge in [0.05, 0.1) is 11.8 Å². The molecule has 2 aromatic carbocycles. The predicted molar refractivity (Wildman–Crippen MR) is 113 cm³/mol. The van der Waals surface area contributed by atoms with Crippen LogP contribution in [0.4, 0.5) is 11.4 Å². The van der Waals surface area contributed by atoms with E-state index in [9.17, 15) is 9.59 Å². The highest BCUT2D eigenvalue weighted by Gasteiger charge is 2.51. The number of rotatable bonds is 5. The van der Waals surface area contributed by atoms with E-state index in [4.69, 9.17) is 0 Å². The summed E-state index contributed by atoms with van der Waals surface area (Å²) < 4.78 is 0. The summed E-state index contributed by atoms with van der Waals surface area (Å²) in [7, 11) is 0. The Morgan fingerprint density at radius 2 is 1.68 bits per heavy atom. The molecule has 2 aliphatic rings. The maximum Gasteiger partial charge on any atom is 0.231 e. The summed E-state index contributed by atoms with van der Waals surface area (Å²) in [5.74, 6) is -0.347. The summed E-state index contributed by atoms with van der Waals surface area (Å²) in [6.45, 7) is 6.28. The molecule has 0 bridgehead atoms. The lowest BCUT2D eigenvalue weighted by Gasteiger charge is -2.23. The fourth-order valence-electron chi connectivity index (χ4n) is 4.46. The number of carbonyl (C=O) groups excluding carboxylic acids is 2. The molecular weight excluding hydrogens is 348 g/mol. The second-order valence-electron chi connectivity index (χ2n) is 7.99. The number of benzene rings is 2. The van der Waals surface area contributed by atoms with E-state index in [0.29, 0.717) is 6.42 Å². The first kappa shape index (κ1) is 18.7. The standard InChI is InChI=1S/C24H28N2O2/c1-4-16-10-8-11-17(5-2)22(16)25-23(27)19-14-20(19)24(28)26-15(3)13-18-9-6-7-12-21(18)26/h6-12,15,19-20H,4-5,13-14H2,1-3H3,(H,25,27). The van der Waals surface area contributed by atoms with Gasteiger partial charge in [0.15, 0.2) is 0 Å². The van der Waals surface area contributed by atoms with E-state index in [0.717, 1.165) is 41.8 Å². The summed E-state index contributed by atoms with van der Waals surface area (Å²) in [5.41, 5.74) is 5.47. The van der Waals surface area contributed by atoms with Crippen molar-refractivity contribution >= 4 is 23.2 Å². The fraction of sp³-hybridized carbons (Fsp3) is 0.417. The number of para-hydroxylation sites is 2. The molecule has 1 N–H and O–H groups in total. The van der Waals surface area contributed by atoms with Gasteiger partial charge in [-0.1, -0.05) is 50.2 Å². The summed E-state index contributed by atoms with van der Waals surface area (Å²) in [6, 6.07) is 14.4. The Kier molecular flexibility index (Phi) is 4.96. The maximum atomic E-state index is 13.1. The van der Waals surface area contributed by atoms with Crippen LogP contribution in [0.1, 0.15) is 43.9 Å². The molecule has 0 saturated heterocycles. The van der Waals surface area contributed by atoms with Gasteiger partial charge in [0.25, 0.3) is 0 Å². The van der Waals surface area contributed by atoms with Gasteiger partial charge in [-0.05, 0) is 55.4 Å². The summed E-state index contributed by atoms with van der Waals surface area (Å²) >= 11 is 0. The van der Waals surface area contributed by atoms with Crippen LogP contribution in [0.15, 0.2) is 42.5 Å². The lowest BCUT2D eigenvalue weighted by Crippen LogP contribution is -2.37. The van der Waals surface area contributed by atoms with Crippen molar-refractivity contribution in [2.45, 2.75) is 52.5 Å². The second-order valence-corrected chi connectivity index (χ2v) is 7.99. The van der Waals surface area contributed by atoms with E-state index in [1.807, 2.05) is 29.2 Å². The van der Waals surface area contributed by atoms with Crippen LogP contribution in [0.2, 0.25) is 0 Å². The molecule has 1 heterocycles. The molecule has 2 aromatic rings. The average Bonchev–Trinajstić information content (AvgIpc) is 3.44. The minimum atomic E-state index is -0.220. The van der Waals surface area contributed by atoms with Crippen molar-refractivity contribution in [1.82, 2.24) is 0 Å². The Hall–Kier alpha value is -2.62. The first-order valence-electron chi connectivity index (χ1n) is 10.4. The molecule has 4 rings (SSSR count). The zero-order valence-corrected chi connectivity index (χ0v) is 16.9. The second kappa shape index (κ2) is 7.42. The third-order valence-corrected chi connectivity index (χ3v) is 6.14. The maximum absolute atomic E-state index is 13.1. The molecule has 28 heavy (non-hydrogen) atoms. The third-order valence-electron chi connectivity index (χ3n) is 6.14. The largest absolute Gasteiger partial charge is 0.325 e. The van der Waals surface area contributed by atoms with Crippen molar-refractivity contribution < 1.29 is 9.59 Å². The molecule has 1 fully saturated rings. The molecule has 0 aromatic heterocycles. The van der Waals surface area contributed by atoms with Gasteiger partial charge in [-0.15, -0.1) is 0 Å². The lowest BCUT2D eigenvalue weighted by molar-refractivity contribution is -0.123. The van der Waals surface area contributed by atoms with Gasteiger partial charge in [-0.3, -0.25) is 9.59 Å². The van der Waals surface area contributed by atoms with Crippen molar-refractivity contribution in [3.05, 3.63) is 59.2 Å². The van der Waals surface area contributed by atoms with Gasteiger partial charge in [-0.2, -0.15) is 0 Å². The van der Waals surface area contributed by atoms with Crippen LogP contribution >= 0.6 is 0 Å². The van der Waals surface area contributed by atoms with Gasteiger partial charge >= 0.3 is 0 Å². The van der Waals surface area contributed by atoms with Crippen LogP contribution in [-0.4, -0.2) is 17.9 Å². The molecule has 4 nitrogen and oxygen atoms in total. The number of hydrogen-bond acceptors (Lipinski definition) is 2. The molecule has 3 atom stereocenters. The van der Waals surface area contributed by atoms with Crippen LogP contribution in [-0.2, 0) is 28.9 Å². The highest BCUT2D eigenvalue weighted by molar-refractivity contribution is 6.05. The molecule has 1 saturated carbocycles. The van der Waals surface area contributed by atoms with Crippen LogP contribution in [0.25, 0.3) is 0 Å². The predicted octanol–water partition coefficient (Wildman–Crippen LogP) is 4.36. The van der Waals surface area contributed by atoms with Crippen LogP contribution in [0.3, 0.4) is 0 Å². The highest BCUT2D eigenvalue weighted by Crippen LogP contribution is 2.44. The minimum absolute atomic E-state index is 0.0194. The van der Waals surface area contributed by atoms with Gasteiger partial charge < -0.3 is 10.2 Å². The van der Waals surface area contributed by atoms with Crippen molar-refractivity contribution in [3.63, 3.8) is 0 Å². The molecule has 146 valence electrons. The SMILES string of the molecule is CCc1cccc(CC)c1NC(=O)C1CC1C(=O)N1c2ccccc2CC1C. The molecular formula is C24H28N2O2. The van der Waals surface area contributed by atoms with E-state index in [1.54, 1.807) is 0 Å². The van der Waals surface area contributed by atoms with Crippen LogP contribution in [0, 0.1) is 11.8 Å². The molecule has 1 aliphatic heterocycles. The van der Waals surface area contributed by atoms with E-state index in [-0.39, 0.29) is 29.7 Å².